The van der Waals surface area contributed by atoms with E-state index in [1.54, 1.807) is 0 Å². The molecule has 0 aliphatic heterocycles. The number of nitrogens with zero attached hydrogens (tertiary/aromatic N) is 8. The van der Waals surface area contributed by atoms with Crippen molar-refractivity contribution < 1.29 is 0 Å². The fraction of sp³-hybridized carbons (Fsp3) is 0.0794. The Morgan fingerprint density at radius 3 is 1.02 bits per heavy atom. The first kappa shape index (κ1) is 76.2. The summed E-state index contributed by atoms with van der Waals surface area (Å²) in [4.78, 5) is 0. The highest BCUT2D eigenvalue weighted by molar-refractivity contribution is 6.18. The second-order valence-corrected chi connectivity index (χ2v) is 38.9. The highest BCUT2D eigenvalue weighted by atomic mass is 15.2. The van der Waals surface area contributed by atoms with Gasteiger partial charge in [0.1, 0.15) is 5.69 Å². The van der Waals surface area contributed by atoms with Gasteiger partial charge in [0.25, 0.3) is 0 Å². The topological polar surface area (TPSA) is 55.4 Å². The van der Waals surface area contributed by atoms with Crippen molar-refractivity contribution in [3.05, 3.63) is 446 Å². The number of para-hydroxylation sites is 6. The molecule has 134 heavy (non-hydrogen) atoms. The van der Waals surface area contributed by atoms with Crippen LogP contribution >= 0.6 is 0 Å². The summed E-state index contributed by atoms with van der Waals surface area (Å²) in [7, 11) is 0. The van der Waals surface area contributed by atoms with Crippen molar-refractivity contribution in [1.29, 1.82) is 0 Å². The Balaban J connectivity index is 0.648. The molecule has 0 bridgehead atoms. The zero-order valence-electron chi connectivity index (χ0n) is 75.1. The SMILES string of the molecule is C=C1/C=C\C=C/Cc2ccc(-n3c4ccccc4c4cc(-c5ccc6c7ccccc7n(-c7c(-n8c9ccccc9c9ccc(-c%10ccc%11c(c%10)c%10ccccc%10n%11-c%10ccc%11c(c%10)C(C)(C)c%10ccccc%10-%11)cc98)nnc8ccc(-n9c%10ccccc%10c%10ccc(-c%11ccc%12c(c%11)c%11ccccc%11n%12-c%11ccc%12c(c%11)C(C)(C)c%11ccccc%11-%12)cc%109)cc78)c6c5)ccc43)cc2C1(C)C. The van der Waals surface area contributed by atoms with Crippen molar-refractivity contribution >= 4 is 142 Å². The first-order valence-corrected chi connectivity index (χ1v) is 46.8. The van der Waals surface area contributed by atoms with Gasteiger partial charge in [0, 0.05) is 109 Å². The quantitative estimate of drug-likeness (QED) is 0.145. The minimum absolute atomic E-state index is 0.140. The lowest BCUT2D eigenvalue weighted by Crippen LogP contribution is -2.21. The van der Waals surface area contributed by atoms with Crippen LogP contribution in [0.3, 0.4) is 0 Å². The Morgan fingerprint density at radius 2 is 0.560 bits per heavy atom. The Morgan fingerprint density at radius 1 is 0.231 bits per heavy atom. The van der Waals surface area contributed by atoms with E-state index in [4.69, 9.17) is 10.2 Å². The van der Waals surface area contributed by atoms with Crippen LogP contribution in [-0.2, 0) is 22.7 Å². The Hall–Kier alpha value is -16.7. The minimum atomic E-state index is -0.299. The number of benzene rings is 18. The summed E-state index contributed by atoms with van der Waals surface area (Å²) in [5.74, 6) is 0.704. The molecule has 25 aromatic rings. The van der Waals surface area contributed by atoms with Gasteiger partial charge in [-0.25, -0.2) is 0 Å². The molecule has 0 N–H and O–H groups in total. The molecule has 0 unspecified atom stereocenters. The van der Waals surface area contributed by atoms with Crippen LogP contribution in [0.25, 0.3) is 232 Å². The van der Waals surface area contributed by atoms with Gasteiger partial charge in [-0.05, 0) is 247 Å². The molecule has 0 atom stereocenters. The second-order valence-electron chi connectivity index (χ2n) is 38.9. The zero-order valence-corrected chi connectivity index (χ0v) is 75.1. The van der Waals surface area contributed by atoms with Crippen molar-refractivity contribution in [2.45, 2.75) is 64.2 Å². The number of aromatic nitrogens is 8. The van der Waals surface area contributed by atoms with Crippen LogP contribution in [0.2, 0.25) is 0 Å². The van der Waals surface area contributed by atoms with Gasteiger partial charge < -0.3 is 22.8 Å². The largest absolute Gasteiger partial charge is 0.309 e. The molecule has 0 saturated carbocycles. The van der Waals surface area contributed by atoms with Crippen LogP contribution in [0.5, 0.6) is 0 Å². The highest BCUT2D eigenvalue weighted by Crippen LogP contribution is 2.54. The Labute approximate surface area is 774 Å². The maximum Gasteiger partial charge on any atom is 0.185 e. The van der Waals surface area contributed by atoms with Crippen LogP contribution in [0.15, 0.2) is 413 Å². The lowest BCUT2D eigenvalue weighted by atomic mass is 9.75. The molecular formula is C126H88N8. The van der Waals surface area contributed by atoms with E-state index in [0.29, 0.717) is 5.82 Å². The lowest BCUT2D eigenvalue weighted by molar-refractivity contribution is 0.634. The first-order chi connectivity index (χ1) is 65.6. The smallest absolute Gasteiger partial charge is 0.185 e. The predicted molar refractivity (Wildman–Crippen MR) is 561 cm³/mol. The summed E-state index contributed by atoms with van der Waals surface area (Å²) >= 11 is 0. The molecule has 0 fully saturated rings. The molecule has 3 aliphatic rings. The molecule has 18 aromatic carbocycles. The summed E-state index contributed by atoms with van der Waals surface area (Å²) in [5, 5.41) is 26.1. The van der Waals surface area contributed by atoms with E-state index >= 15 is 0 Å². The van der Waals surface area contributed by atoms with Gasteiger partial charge in [-0.15, -0.1) is 10.2 Å². The molecule has 7 aromatic heterocycles. The Bertz CT molecular complexity index is 9610. The van der Waals surface area contributed by atoms with Crippen LogP contribution in [0.4, 0.5) is 0 Å². The zero-order chi connectivity index (χ0) is 89.0. The molecular weight excluding hydrogens is 1630 g/mol. The van der Waals surface area contributed by atoms with Gasteiger partial charge >= 0.3 is 0 Å². The van der Waals surface area contributed by atoms with Crippen molar-refractivity contribution in [2.75, 3.05) is 0 Å². The van der Waals surface area contributed by atoms with Gasteiger partial charge in [-0.2, -0.15) is 0 Å². The summed E-state index contributed by atoms with van der Waals surface area (Å²) in [6, 6.07) is 142. The molecule has 632 valence electrons. The van der Waals surface area contributed by atoms with Gasteiger partial charge in [-0.3, -0.25) is 4.57 Å². The molecule has 3 aliphatic carbocycles. The Kier molecular flexibility index (Phi) is 15.9. The van der Waals surface area contributed by atoms with Crippen LogP contribution < -0.4 is 0 Å². The normalized spacial score (nSPS) is 14.8. The third kappa shape index (κ3) is 10.8. The summed E-state index contributed by atoms with van der Waals surface area (Å²) in [5.41, 5.74) is 40.0. The number of rotatable bonds is 9. The van der Waals surface area contributed by atoms with Crippen molar-refractivity contribution in [2.24, 2.45) is 0 Å². The van der Waals surface area contributed by atoms with E-state index < -0.39 is 0 Å². The second kappa shape index (κ2) is 27.9. The van der Waals surface area contributed by atoms with Crippen molar-refractivity contribution in [3.8, 4) is 89.9 Å². The number of fused-ring (bicyclic) bond motifs is 26. The molecule has 8 heteroatoms. The van der Waals surface area contributed by atoms with E-state index in [1.807, 2.05) is 0 Å². The van der Waals surface area contributed by atoms with Gasteiger partial charge in [0.2, 0.25) is 0 Å². The predicted octanol–water partition coefficient (Wildman–Crippen LogP) is 32.3. The monoisotopic (exact) mass is 1710 g/mol. The third-order valence-corrected chi connectivity index (χ3v) is 30.8. The molecule has 7 heterocycles. The van der Waals surface area contributed by atoms with Gasteiger partial charge in [0.05, 0.1) is 71.7 Å². The van der Waals surface area contributed by atoms with Crippen LogP contribution in [-0.4, -0.2) is 37.6 Å². The summed E-state index contributed by atoms with van der Waals surface area (Å²) < 4.78 is 14.8. The first-order valence-electron chi connectivity index (χ1n) is 46.8. The van der Waals surface area contributed by atoms with E-state index in [9.17, 15) is 0 Å². The molecule has 0 radical (unpaired) electrons. The van der Waals surface area contributed by atoms with Gasteiger partial charge in [0.15, 0.2) is 5.82 Å². The fourth-order valence-corrected chi connectivity index (χ4v) is 24.0. The molecule has 0 spiro atoms. The van der Waals surface area contributed by atoms with E-state index in [1.165, 1.54) is 115 Å². The summed E-state index contributed by atoms with van der Waals surface area (Å²) in [6.07, 6.45) is 9.54. The summed E-state index contributed by atoms with van der Waals surface area (Å²) in [6.45, 7) is 18.7. The average Bonchev–Trinajstić information content (AvgIpc) is 1.20. The fourth-order valence-electron chi connectivity index (χ4n) is 24.0. The highest BCUT2D eigenvalue weighted by Gasteiger charge is 2.39. The lowest BCUT2D eigenvalue weighted by Gasteiger charge is -2.29. The van der Waals surface area contributed by atoms with Gasteiger partial charge in [-0.1, -0.05) is 303 Å². The molecule has 0 amide bonds. The number of allylic oxidation sites excluding steroid dienone is 5. The maximum absolute atomic E-state index is 5.68. The molecule has 28 rings (SSSR count). The maximum atomic E-state index is 5.68. The van der Waals surface area contributed by atoms with Crippen molar-refractivity contribution in [3.63, 3.8) is 0 Å². The average molecular weight is 1710 g/mol. The number of hydrogen-bond donors (Lipinski definition) is 0. The van der Waals surface area contributed by atoms with Crippen molar-refractivity contribution in [1.82, 2.24) is 37.6 Å². The van der Waals surface area contributed by atoms with Crippen LogP contribution in [0, 0.1) is 0 Å². The minimum Gasteiger partial charge on any atom is -0.309 e. The third-order valence-electron chi connectivity index (χ3n) is 30.8. The van der Waals surface area contributed by atoms with E-state index in [-0.39, 0.29) is 16.2 Å². The standard InChI is InChI=1S/C126H88N8/c1-75-27-9-8-10-28-76-45-52-84(72-106(76)124(75,2)3)129-111-40-22-16-34-94(111)100-66-78(50-62-116(100)129)81-47-57-98-92-32-14-25-43-114(92)133(120(98)69-81)122-103-71-83(132-110-39-21-13-31-91(110)97-56-46-80(68-119(97)132)77-49-63-117-101(65-77)95-35-17-23-41-112(95)130(117)85-53-59-89-87-29-11-19-37-104(87)125(4,5)107(89)73-85)55-61-109(103)127-128-123(122)134-115-44-26-15-33-93(115)99-58-48-82(70-121(99)134)79-51-64-118-102(67-79)96-36-18-24-42-113(96)131(118)86-54-60-90-88-30-12-20-38-105(88)126(6,7)108(90)74-86/h8-27,29-74H,1,28H2,2-7H3/b10-8-,27-9-. The van der Waals surface area contributed by atoms with Crippen LogP contribution in [0.1, 0.15) is 74.9 Å². The number of hydrogen-bond acceptors (Lipinski definition) is 2. The van der Waals surface area contributed by atoms with E-state index in [0.717, 1.165) is 156 Å². The van der Waals surface area contributed by atoms with E-state index in [2.05, 4.69) is 476 Å². The molecule has 0 saturated heterocycles. The molecule has 8 nitrogen and oxygen atoms in total.